The number of amides is 8. The maximum atomic E-state index is 12.3. The summed E-state index contributed by atoms with van der Waals surface area (Å²) in [5.41, 5.74) is -2.07. The Kier molecular flexibility index (Phi) is 41.2. The molecule has 5 heterocycles. The van der Waals surface area contributed by atoms with E-state index in [1.807, 2.05) is 85.7 Å². The van der Waals surface area contributed by atoms with Crippen LogP contribution in [-0.2, 0) is 37.9 Å². The second-order valence-corrected chi connectivity index (χ2v) is 39.7. The third-order valence-electron chi connectivity index (χ3n) is 25.3. The van der Waals surface area contributed by atoms with Gasteiger partial charge in [0.05, 0.1) is 36.2 Å². The third-order valence-corrected chi connectivity index (χ3v) is 25.3. The Labute approximate surface area is 735 Å². The van der Waals surface area contributed by atoms with Gasteiger partial charge in [-0.25, -0.2) is 38.4 Å². The van der Waals surface area contributed by atoms with E-state index in [0.29, 0.717) is 141 Å². The smallest absolute Gasteiger partial charge is 0.424 e. The number of anilines is 2. The summed E-state index contributed by atoms with van der Waals surface area (Å²) in [5, 5.41) is 49.7. The molecular weight excluding hydrogens is 1580 g/mol. The number of likely N-dealkylation sites (tertiary alicyclic amines) is 5. The fraction of sp³-hybridized carbons (Fsp3) is 0.789. The molecule has 0 unspecified atom stereocenters. The molecule has 700 valence electrons. The van der Waals surface area contributed by atoms with E-state index in [1.165, 1.54) is 64.2 Å². The summed E-state index contributed by atoms with van der Waals surface area (Å²) in [7, 11) is 0. The topological polar surface area (TPSA) is 343 Å². The van der Waals surface area contributed by atoms with Crippen molar-refractivity contribution in [3.05, 3.63) is 60.7 Å². The number of benzene rings is 2. The zero-order valence-electron chi connectivity index (χ0n) is 78.2. The van der Waals surface area contributed by atoms with Crippen molar-refractivity contribution < 1.29 is 102 Å². The highest BCUT2D eigenvalue weighted by Crippen LogP contribution is 2.57. The predicted octanol–water partition coefficient (Wildman–Crippen LogP) is 19.5. The van der Waals surface area contributed by atoms with Crippen LogP contribution in [-0.4, -0.2) is 240 Å². The van der Waals surface area contributed by atoms with Crippen molar-refractivity contribution in [2.45, 2.75) is 393 Å². The molecule has 4 bridgehead atoms. The van der Waals surface area contributed by atoms with Crippen molar-refractivity contribution in [2.75, 3.05) is 75.7 Å². The highest BCUT2D eigenvalue weighted by Gasteiger charge is 2.53. The van der Waals surface area contributed by atoms with Gasteiger partial charge in [-0.05, 0) is 311 Å². The van der Waals surface area contributed by atoms with Crippen LogP contribution in [0.15, 0.2) is 60.7 Å². The fourth-order valence-electron chi connectivity index (χ4n) is 17.6. The number of nitrogens with zero attached hydrogens (tertiary/aromatic N) is 6. The maximum absolute atomic E-state index is 12.3. The summed E-state index contributed by atoms with van der Waals surface area (Å²) in [5.74, 6) is 2.88. The lowest BCUT2D eigenvalue weighted by atomic mass is 9.54. The molecule has 11 fully saturated rings. The highest BCUT2D eigenvalue weighted by molar-refractivity contribution is 6.09. The van der Waals surface area contributed by atoms with Gasteiger partial charge in [0, 0.05) is 71.1 Å². The predicted molar refractivity (Wildman–Crippen MR) is 475 cm³/mol. The number of ether oxygens (including phenoxy) is 8. The molecule has 6 aliphatic carbocycles. The van der Waals surface area contributed by atoms with Crippen LogP contribution in [0.4, 0.5) is 49.7 Å². The molecule has 6 N–H and O–H groups in total. The number of aliphatic hydroxyl groups is 5. The molecule has 0 radical (unpaired) electrons. The van der Waals surface area contributed by atoms with E-state index >= 15 is 0 Å². The Morgan fingerprint density at radius 1 is 0.390 bits per heavy atom. The Bertz CT molecular complexity index is 3380. The highest BCUT2D eigenvalue weighted by atomic mass is 16.6. The second kappa shape index (κ2) is 48.5. The van der Waals surface area contributed by atoms with E-state index in [9.17, 15) is 63.9 Å². The lowest BCUT2D eigenvalue weighted by molar-refractivity contribution is -0.124. The number of imide groups is 1. The maximum Gasteiger partial charge on any atom is 0.424 e. The molecular formula is C95H159N7O21. The molecule has 28 nitrogen and oxygen atoms in total. The van der Waals surface area contributed by atoms with Crippen molar-refractivity contribution in [1.82, 2.24) is 24.5 Å². The number of carbonyl (C=O) groups excluding carboxylic acids is 8. The SMILES string of the molecule is CC(C)(C)OC(=O)N(C(=O)OC(C)(C)C)c1ccccc1.CC(C)(C)OC(=O)N1CCC(O)CC1.CC(C)(OC(=O)N1CCC(O)CC1)C1CCCCC1.CCC(C)(C)OC(=O)N1CCC(O)CC1.CCC(CC)(CC)OC(=O)N1CCC(O)CC1.CCC1(OC(=O)N2CCC(O)CC2)CCCC1.O=C(Nc1ccccc1)OC12CC3CC(CC(C3)C1)C2. The molecule has 123 heavy (non-hydrogen) atoms. The summed E-state index contributed by atoms with van der Waals surface area (Å²) >= 11 is 0. The number of hydrogen-bond donors (Lipinski definition) is 6. The molecule has 11 aliphatic rings. The number of aliphatic hydroxyl groups excluding tert-OH is 5. The normalized spacial score (nSPS) is 22.3. The van der Waals surface area contributed by atoms with E-state index in [4.69, 9.17) is 37.9 Å². The Morgan fingerprint density at radius 3 is 1.07 bits per heavy atom. The van der Waals surface area contributed by atoms with Crippen LogP contribution >= 0.6 is 0 Å². The number of nitrogens with one attached hydrogen (secondary N) is 1. The molecule has 13 rings (SSSR count). The fourth-order valence-corrected chi connectivity index (χ4v) is 17.6. The standard InChI is InChI=1S/C17H21NO2.C16H23NO4.C15H27NO3.C13H23NO3.C13H25NO3.C11H21NO3.C10H19NO3/c19-16(18-15-4-2-1-3-5-15)20-17-9-12-6-13(10-17)8-14(7-12)11-17;1-15(2,3)20-13(18)17(12-10-8-7-9-11-12)14(19)21-16(4,5)6;1-15(2,12-6-4-3-5-7-12)19-14(18)16-10-8-13(17)9-11-16;1-2-13(7-3-4-8-13)17-12(16)14-9-5-11(15)6-10-14;1-4-13(5-2,6-3)17-12(16)14-9-7-11(15)8-10-14;1-4-11(2,3)15-10(14)12-7-5-9(13)6-8-12;1-10(2,3)14-9(13)11-6-4-8(12)5-7-11/h1-5,12-14H,6-11H2,(H,18,19);7-11H,1-6H3;12-13,17H,3-11H2,1-2H3;11,15H,2-10H2,1H3;11,15H,4-10H2,1-3H3;9,13H,4-8H2,1-3H3;8,12H,4-7H2,1-3H3. The van der Waals surface area contributed by atoms with Crippen molar-refractivity contribution in [2.24, 2.45) is 23.7 Å². The Hall–Kier alpha value is -7.40. The molecule has 5 saturated heterocycles. The minimum Gasteiger partial charge on any atom is -0.444 e. The van der Waals surface area contributed by atoms with Crippen LogP contribution < -0.4 is 10.2 Å². The summed E-state index contributed by atoms with van der Waals surface area (Å²) in [6.07, 6.45) is 24.5. The van der Waals surface area contributed by atoms with Crippen molar-refractivity contribution in [3.8, 4) is 0 Å². The quantitative estimate of drug-likeness (QED) is 0.101. The van der Waals surface area contributed by atoms with Gasteiger partial charge in [0.1, 0.15) is 44.8 Å². The summed E-state index contributed by atoms with van der Waals surface area (Å²) in [4.78, 5) is 106. The van der Waals surface area contributed by atoms with Crippen LogP contribution in [0.25, 0.3) is 0 Å². The van der Waals surface area contributed by atoms with E-state index in [0.717, 1.165) is 92.5 Å². The lowest BCUT2D eigenvalue weighted by Crippen LogP contribution is -2.53. The summed E-state index contributed by atoms with van der Waals surface area (Å²) < 4.78 is 44.2. The van der Waals surface area contributed by atoms with E-state index < -0.39 is 34.6 Å². The van der Waals surface area contributed by atoms with Gasteiger partial charge in [-0.2, -0.15) is 4.90 Å². The van der Waals surface area contributed by atoms with Crippen LogP contribution in [0.5, 0.6) is 0 Å². The first-order valence-electron chi connectivity index (χ1n) is 46.4. The first-order chi connectivity index (χ1) is 57.7. The number of piperidine rings is 5. The number of carbonyl (C=O) groups is 8. The average molecular weight is 1740 g/mol. The van der Waals surface area contributed by atoms with Gasteiger partial charge in [-0.15, -0.1) is 0 Å². The van der Waals surface area contributed by atoms with E-state index in [-0.39, 0.29) is 89.5 Å². The monoisotopic (exact) mass is 1730 g/mol. The van der Waals surface area contributed by atoms with Gasteiger partial charge in [0.25, 0.3) is 0 Å². The van der Waals surface area contributed by atoms with E-state index in [1.54, 1.807) is 96.4 Å². The molecule has 6 saturated carbocycles. The number of hydrogen-bond acceptors (Lipinski definition) is 21. The molecule has 2 aromatic rings. The minimum atomic E-state index is -0.761. The van der Waals surface area contributed by atoms with Gasteiger partial charge in [0.15, 0.2) is 0 Å². The average Bonchev–Trinajstić information content (AvgIpc) is 1.17. The van der Waals surface area contributed by atoms with Gasteiger partial charge in [-0.3, -0.25) is 5.32 Å². The zero-order valence-corrected chi connectivity index (χ0v) is 78.2. The van der Waals surface area contributed by atoms with Crippen LogP contribution in [0.2, 0.25) is 0 Å². The number of para-hydroxylation sites is 2. The van der Waals surface area contributed by atoms with Crippen molar-refractivity contribution in [1.29, 1.82) is 0 Å². The van der Waals surface area contributed by atoms with Crippen molar-refractivity contribution >= 4 is 60.1 Å². The molecule has 5 aliphatic heterocycles. The first-order valence-corrected chi connectivity index (χ1v) is 46.4. The van der Waals surface area contributed by atoms with Gasteiger partial charge < -0.3 is 87.9 Å². The second-order valence-electron chi connectivity index (χ2n) is 39.7. The molecule has 28 heteroatoms. The molecule has 8 amide bonds. The molecule has 0 spiro atoms. The first kappa shape index (κ1) is 104. The van der Waals surface area contributed by atoms with E-state index in [2.05, 4.69) is 33.0 Å². The zero-order chi connectivity index (χ0) is 91.2. The van der Waals surface area contributed by atoms with Crippen molar-refractivity contribution in [3.63, 3.8) is 0 Å². The molecule has 0 aromatic heterocycles. The van der Waals surface area contributed by atoms with Gasteiger partial charge in [-0.1, -0.05) is 90.3 Å². The lowest BCUT2D eigenvalue weighted by Gasteiger charge is -2.55. The third kappa shape index (κ3) is 36.5. The Morgan fingerprint density at radius 2 is 0.724 bits per heavy atom. The summed E-state index contributed by atoms with van der Waals surface area (Å²) in [6, 6.07) is 18.1. The number of rotatable bonds is 13. The van der Waals surface area contributed by atoms with Gasteiger partial charge in [0.2, 0.25) is 0 Å². The molecule has 0 atom stereocenters. The largest absolute Gasteiger partial charge is 0.444 e. The Balaban J connectivity index is 0.000000223. The van der Waals surface area contributed by atoms with Gasteiger partial charge >= 0.3 is 48.7 Å². The minimum absolute atomic E-state index is 0.159. The van der Waals surface area contributed by atoms with Crippen LogP contribution in [0, 0.1) is 23.7 Å². The summed E-state index contributed by atoms with van der Waals surface area (Å²) in [6.45, 7) is 40.2. The van der Waals surface area contributed by atoms with Crippen LogP contribution in [0.1, 0.15) is 317 Å². The molecule has 2 aromatic carbocycles. The van der Waals surface area contributed by atoms with Crippen LogP contribution in [0.3, 0.4) is 0 Å².